The minimum atomic E-state index is -0.122. The van der Waals surface area contributed by atoms with Crippen LogP contribution in [0.15, 0.2) is 0 Å². The van der Waals surface area contributed by atoms with Crippen molar-refractivity contribution in [3.63, 3.8) is 0 Å². The summed E-state index contributed by atoms with van der Waals surface area (Å²) < 4.78 is 12.1. The van der Waals surface area contributed by atoms with Gasteiger partial charge in [0, 0.05) is 65.6 Å². The van der Waals surface area contributed by atoms with Crippen LogP contribution >= 0.6 is 0 Å². The molecule has 0 bridgehead atoms. The summed E-state index contributed by atoms with van der Waals surface area (Å²) >= 11 is 0. The first-order valence-electron chi connectivity index (χ1n) is 10.5. The van der Waals surface area contributed by atoms with Gasteiger partial charge in [-0.15, -0.1) is 0 Å². The van der Waals surface area contributed by atoms with E-state index < -0.39 is 0 Å². The molecule has 0 saturated carbocycles. The lowest BCUT2D eigenvalue weighted by molar-refractivity contribution is -0.140. The predicted octanol–water partition coefficient (Wildman–Crippen LogP) is -0.539. The first-order chi connectivity index (χ1) is 12.8. The maximum Gasteiger partial charge on any atom is 0.172 e. The summed E-state index contributed by atoms with van der Waals surface area (Å²) in [6.07, 6.45) is 4.23. The van der Waals surface area contributed by atoms with Gasteiger partial charge >= 0.3 is 0 Å². The Hall–Kier alpha value is -0.570. The van der Waals surface area contributed by atoms with Gasteiger partial charge < -0.3 is 20.1 Å². The van der Waals surface area contributed by atoms with Gasteiger partial charge in [0.25, 0.3) is 0 Å². The number of carbonyl (C=O) groups is 1. The molecule has 4 saturated heterocycles. The maximum atomic E-state index is 13.9. The number of ether oxygens (including phenoxy) is 2. The zero-order valence-corrected chi connectivity index (χ0v) is 15.8. The van der Waals surface area contributed by atoms with E-state index in [9.17, 15) is 4.79 Å². The van der Waals surface area contributed by atoms with Gasteiger partial charge in [-0.3, -0.25) is 14.6 Å². The largest absolute Gasteiger partial charge is 0.376 e. The molecular formula is C19H34N4O3. The average Bonchev–Trinajstić information content (AvgIpc) is 3.39. The quantitative estimate of drug-likeness (QED) is 0.655. The Labute approximate surface area is 156 Å². The summed E-state index contributed by atoms with van der Waals surface area (Å²) in [7, 11) is 0. The van der Waals surface area contributed by atoms with Gasteiger partial charge in [0.15, 0.2) is 5.78 Å². The van der Waals surface area contributed by atoms with Gasteiger partial charge in [-0.2, -0.15) is 0 Å². The van der Waals surface area contributed by atoms with E-state index in [4.69, 9.17) is 9.47 Å². The Morgan fingerprint density at radius 2 is 1.19 bits per heavy atom. The lowest BCUT2D eigenvalue weighted by Gasteiger charge is -2.43. The third-order valence-corrected chi connectivity index (χ3v) is 6.31. The fourth-order valence-electron chi connectivity index (χ4n) is 5.00. The van der Waals surface area contributed by atoms with E-state index >= 15 is 0 Å². The van der Waals surface area contributed by atoms with Crippen molar-refractivity contribution in [1.82, 2.24) is 20.4 Å². The SMILES string of the molecule is O=C(C(C1CCCO1)N1CCNCC1)C(C1CCCO1)N1CCNCC1. The first kappa shape index (κ1) is 18.8. The third kappa shape index (κ3) is 4.13. The van der Waals surface area contributed by atoms with Crippen LogP contribution in [0.3, 0.4) is 0 Å². The summed E-state index contributed by atoms with van der Waals surface area (Å²) in [6.45, 7) is 9.10. The molecule has 4 unspecified atom stereocenters. The van der Waals surface area contributed by atoms with Crippen molar-refractivity contribution in [2.24, 2.45) is 0 Å². The second-order valence-electron chi connectivity index (χ2n) is 7.97. The van der Waals surface area contributed by atoms with Crippen LogP contribution in [0.2, 0.25) is 0 Å². The summed E-state index contributed by atoms with van der Waals surface area (Å²) in [6, 6.07) is -0.243. The predicted molar refractivity (Wildman–Crippen MR) is 99.4 cm³/mol. The van der Waals surface area contributed by atoms with E-state index in [0.717, 1.165) is 91.3 Å². The van der Waals surface area contributed by atoms with Crippen molar-refractivity contribution < 1.29 is 14.3 Å². The summed E-state index contributed by atoms with van der Waals surface area (Å²) in [5.74, 6) is 0.340. The van der Waals surface area contributed by atoms with Crippen molar-refractivity contribution in [3.8, 4) is 0 Å². The van der Waals surface area contributed by atoms with Gasteiger partial charge in [0.05, 0.1) is 24.3 Å². The molecule has 0 aromatic heterocycles. The smallest absolute Gasteiger partial charge is 0.172 e. The minimum Gasteiger partial charge on any atom is -0.376 e. The Morgan fingerprint density at radius 1 is 0.769 bits per heavy atom. The summed E-state index contributed by atoms with van der Waals surface area (Å²) in [5.41, 5.74) is 0. The van der Waals surface area contributed by atoms with Crippen molar-refractivity contribution >= 4 is 5.78 Å². The van der Waals surface area contributed by atoms with E-state index in [1.807, 2.05) is 0 Å². The molecule has 148 valence electrons. The number of hydrogen-bond donors (Lipinski definition) is 2. The fourth-order valence-corrected chi connectivity index (χ4v) is 5.00. The van der Waals surface area contributed by atoms with Crippen LogP contribution in [0.25, 0.3) is 0 Å². The van der Waals surface area contributed by atoms with E-state index in [1.54, 1.807) is 0 Å². The zero-order valence-electron chi connectivity index (χ0n) is 15.8. The summed E-state index contributed by atoms with van der Waals surface area (Å²) in [5, 5.41) is 6.82. The Kier molecular flexibility index (Phi) is 6.56. The van der Waals surface area contributed by atoms with Crippen LogP contribution in [0, 0.1) is 0 Å². The average molecular weight is 367 g/mol. The Morgan fingerprint density at radius 3 is 1.54 bits per heavy atom. The molecule has 0 aliphatic carbocycles. The minimum absolute atomic E-state index is 0.0485. The Balaban J connectivity index is 1.56. The van der Waals surface area contributed by atoms with Crippen molar-refractivity contribution in [2.75, 3.05) is 65.6 Å². The van der Waals surface area contributed by atoms with Crippen LogP contribution < -0.4 is 10.6 Å². The van der Waals surface area contributed by atoms with Crippen LogP contribution in [-0.4, -0.2) is 105 Å². The van der Waals surface area contributed by atoms with Crippen LogP contribution in [0.1, 0.15) is 25.7 Å². The monoisotopic (exact) mass is 366 g/mol. The molecule has 4 fully saturated rings. The van der Waals surface area contributed by atoms with Crippen molar-refractivity contribution in [3.05, 3.63) is 0 Å². The van der Waals surface area contributed by atoms with E-state index in [-0.39, 0.29) is 24.3 Å². The van der Waals surface area contributed by atoms with Gasteiger partial charge in [-0.05, 0) is 25.7 Å². The van der Waals surface area contributed by atoms with Crippen molar-refractivity contribution in [1.29, 1.82) is 0 Å². The van der Waals surface area contributed by atoms with E-state index in [0.29, 0.717) is 5.78 Å². The lowest BCUT2D eigenvalue weighted by atomic mass is 9.90. The molecule has 4 heterocycles. The van der Waals surface area contributed by atoms with Crippen LogP contribution in [0.4, 0.5) is 0 Å². The molecule has 7 nitrogen and oxygen atoms in total. The highest BCUT2D eigenvalue weighted by molar-refractivity contribution is 5.90. The maximum absolute atomic E-state index is 13.9. The summed E-state index contributed by atoms with van der Waals surface area (Å²) in [4.78, 5) is 18.7. The van der Waals surface area contributed by atoms with E-state index in [2.05, 4.69) is 20.4 Å². The number of hydrogen-bond acceptors (Lipinski definition) is 7. The number of piperazine rings is 2. The van der Waals surface area contributed by atoms with E-state index in [1.165, 1.54) is 0 Å². The molecule has 0 spiro atoms. The molecule has 4 aliphatic heterocycles. The fraction of sp³-hybridized carbons (Fsp3) is 0.947. The molecule has 0 aromatic rings. The highest BCUT2D eigenvalue weighted by Gasteiger charge is 2.45. The molecule has 2 N–H and O–H groups in total. The van der Waals surface area contributed by atoms with Crippen LogP contribution in [-0.2, 0) is 14.3 Å². The standard InChI is InChI=1S/C19H34N4O3/c24-19(17(15-3-1-13-25-15)22-9-5-20-6-10-22)18(16-4-2-14-26-16)23-11-7-21-8-12-23/h15-18,20-21H,1-14H2. The van der Waals surface area contributed by atoms with Gasteiger partial charge in [0.1, 0.15) is 0 Å². The molecule has 0 amide bonds. The zero-order chi connectivity index (χ0) is 17.8. The normalized spacial score (nSPS) is 34.0. The van der Waals surface area contributed by atoms with Gasteiger partial charge in [0.2, 0.25) is 0 Å². The number of carbonyl (C=O) groups excluding carboxylic acids is 1. The molecule has 4 atom stereocenters. The second-order valence-corrected chi connectivity index (χ2v) is 7.97. The van der Waals surface area contributed by atoms with Crippen LogP contribution in [0.5, 0.6) is 0 Å². The lowest BCUT2D eigenvalue weighted by Crippen LogP contribution is -2.63. The van der Waals surface area contributed by atoms with Gasteiger partial charge in [-0.25, -0.2) is 0 Å². The second kappa shape index (κ2) is 9.08. The Bertz CT molecular complexity index is 414. The highest BCUT2D eigenvalue weighted by atomic mass is 16.5. The van der Waals surface area contributed by atoms with Crippen molar-refractivity contribution in [2.45, 2.75) is 50.0 Å². The number of ketones is 1. The third-order valence-electron chi connectivity index (χ3n) is 6.31. The molecule has 7 heteroatoms. The molecule has 26 heavy (non-hydrogen) atoms. The molecular weight excluding hydrogens is 332 g/mol. The molecule has 0 radical (unpaired) electrons. The van der Waals surface area contributed by atoms with Gasteiger partial charge in [-0.1, -0.05) is 0 Å². The molecule has 4 rings (SSSR count). The number of nitrogens with zero attached hydrogens (tertiary/aromatic N) is 2. The molecule has 4 aliphatic rings. The topological polar surface area (TPSA) is 66.1 Å². The number of nitrogens with one attached hydrogen (secondary N) is 2. The number of rotatable bonds is 6. The molecule has 0 aromatic carbocycles. The highest BCUT2D eigenvalue weighted by Crippen LogP contribution is 2.27. The first-order valence-corrected chi connectivity index (χ1v) is 10.5. The number of Topliss-reactive ketones (excluding diaryl/α,β-unsaturated/α-hetero) is 1.